The zero-order chi connectivity index (χ0) is 98.1. The summed E-state index contributed by atoms with van der Waals surface area (Å²) in [5.41, 5.74) is 34.5. The van der Waals surface area contributed by atoms with Gasteiger partial charge < -0.3 is 108 Å². The van der Waals surface area contributed by atoms with E-state index < -0.39 is 213 Å². The number of Topliss-reactive ketones (excluding diaryl/α,β-unsaturated/α-hetero) is 4. The summed E-state index contributed by atoms with van der Waals surface area (Å²) in [5.74, 6) is -15.2. The Labute approximate surface area is 778 Å². The van der Waals surface area contributed by atoms with E-state index in [1.54, 1.807) is 76.4 Å². The second-order valence-electron chi connectivity index (χ2n) is 36.2. The number of urea groups is 1. The van der Waals surface area contributed by atoms with Gasteiger partial charge in [0.15, 0.2) is 23.1 Å². The summed E-state index contributed by atoms with van der Waals surface area (Å²) >= 11 is 0. The number of H-pyrrole nitrogens is 1. The van der Waals surface area contributed by atoms with Crippen LogP contribution < -0.4 is 97.6 Å². The molecule has 0 saturated carbocycles. The van der Waals surface area contributed by atoms with Crippen LogP contribution in [0.25, 0.3) is 21.7 Å². The molecule has 6 rings (SSSR count). The summed E-state index contributed by atoms with van der Waals surface area (Å²) in [6.07, 6.45) is -2.81. The number of carbonyl (C=O) groups is 17. The third kappa shape index (κ3) is 34.6. The van der Waals surface area contributed by atoms with Gasteiger partial charge in [0.1, 0.15) is 48.6 Å². The summed E-state index contributed by atoms with van der Waals surface area (Å²) in [6.45, 7) is 18.4. The van der Waals surface area contributed by atoms with Crippen molar-refractivity contribution in [3.8, 4) is 5.75 Å². The molecule has 13 atom stereocenters. The zero-order valence-electron chi connectivity index (χ0n) is 77.6. The number of amides is 14. The maximum atomic E-state index is 16.5. The van der Waals surface area contributed by atoms with E-state index in [2.05, 4.69) is 63.5 Å². The van der Waals surface area contributed by atoms with Crippen LogP contribution in [0.4, 0.5) is 4.79 Å². The lowest BCUT2D eigenvalue weighted by atomic mass is 9.77. The second-order valence-corrected chi connectivity index (χ2v) is 39.6. The molecule has 2 heterocycles. The van der Waals surface area contributed by atoms with E-state index in [1.807, 2.05) is 49.4 Å². The van der Waals surface area contributed by atoms with Crippen LogP contribution in [-0.2, 0) is 96.0 Å². The number of benzene rings is 4. The first kappa shape index (κ1) is 109. The molecule has 1 aromatic heterocycles. The molecule has 5 aromatic rings. The van der Waals surface area contributed by atoms with Crippen molar-refractivity contribution in [1.29, 1.82) is 0 Å². The molecule has 132 heavy (non-hydrogen) atoms. The van der Waals surface area contributed by atoms with Crippen molar-refractivity contribution in [1.82, 2.24) is 63.5 Å². The normalized spacial score (nSPS) is 19.3. The number of hydrogen-bond acceptors (Lipinski definition) is 24. The Morgan fingerprint density at radius 1 is 0.606 bits per heavy atom. The molecule has 0 bridgehead atoms. The first-order chi connectivity index (χ1) is 62.1. The van der Waals surface area contributed by atoms with Gasteiger partial charge in [-0.25, -0.2) is 4.79 Å². The minimum absolute atomic E-state index is 0.00303. The SMILES string of the molecule is CC(=O)NCCCC[C@H](NC(=O)[C@](C)(CCCCN)CC(=O)[C@H](Cc1ccc2ccccc2c1)NC(=O)[C@@H](CC(=O)[C@H]1NC(=O)[C@H](CCCNC(N)=O)NC(=O)[C@H](Cc2c[nH]c3c(C)cccc23)NC(=O)[C@H]([C@@H](C)O)NC(=O)[C@H](CC(N)=O)NC(=O)[C@@H](NC(C)=O)C(C)(C)SSC1(C)C)Cc1ccc(OCCN)cc1)C(=O)C[C@@H](CC(C)N)C(=O)NC(C)(C)C(=O)CCCC(N)=O. The van der Waals surface area contributed by atoms with Gasteiger partial charge in [-0.1, -0.05) is 108 Å². The Bertz CT molecular complexity index is 4910. The molecule has 724 valence electrons. The molecule has 0 spiro atoms. The lowest BCUT2D eigenvalue weighted by Crippen LogP contribution is -2.63. The van der Waals surface area contributed by atoms with Gasteiger partial charge in [-0.2, -0.15) is 0 Å². The Hall–Kier alpha value is -11.4. The third-order valence-corrected chi connectivity index (χ3v) is 27.4. The fourth-order valence-electron chi connectivity index (χ4n) is 15.7. The molecule has 0 aliphatic carbocycles. The number of para-hydroxylation sites is 1. The largest absolute Gasteiger partial charge is 0.492 e. The van der Waals surface area contributed by atoms with Gasteiger partial charge >= 0.3 is 6.03 Å². The highest BCUT2D eigenvalue weighted by Gasteiger charge is 2.48. The van der Waals surface area contributed by atoms with Crippen LogP contribution in [0.15, 0.2) is 91.1 Å². The number of carbonyl (C=O) groups excluding carboxylic acids is 17. The van der Waals surface area contributed by atoms with E-state index in [1.165, 1.54) is 34.6 Å². The van der Waals surface area contributed by atoms with Crippen LogP contribution in [0.1, 0.15) is 201 Å². The molecule has 1 unspecified atom stereocenters. The van der Waals surface area contributed by atoms with Crippen molar-refractivity contribution in [3.05, 3.63) is 113 Å². The summed E-state index contributed by atoms with van der Waals surface area (Å²) in [7, 11) is 1.87. The highest BCUT2D eigenvalue weighted by molar-refractivity contribution is 8.77. The number of ether oxygens (including phenoxy) is 1. The molecule has 4 aromatic carbocycles. The van der Waals surface area contributed by atoms with E-state index in [9.17, 15) is 53.1 Å². The smallest absolute Gasteiger partial charge is 0.312 e. The Balaban J connectivity index is 1.53. The van der Waals surface area contributed by atoms with Crippen molar-refractivity contribution >= 4 is 143 Å². The van der Waals surface area contributed by atoms with E-state index in [-0.39, 0.29) is 122 Å². The lowest BCUT2D eigenvalue weighted by Gasteiger charge is -2.39. The van der Waals surface area contributed by atoms with Crippen LogP contribution in [0, 0.1) is 24.2 Å². The fourth-order valence-corrected chi connectivity index (χ4v) is 18.5. The molecule has 14 amide bonds. The first-order valence-corrected chi connectivity index (χ1v) is 46.9. The van der Waals surface area contributed by atoms with Crippen LogP contribution in [0.3, 0.4) is 0 Å². The van der Waals surface area contributed by atoms with Crippen molar-refractivity contribution in [2.24, 2.45) is 51.7 Å². The van der Waals surface area contributed by atoms with Gasteiger partial charge in [-0.15, -0.1) is 0 Å². The van der Waals surface area contributed by atoms with Gasteiger partial charge in [0, 0.05) is 116 Å². The van der Waals surface area contributed by atoms with Crippen molar-refractivity contribution in [2.45, 2.75) is 281 Å². The predicted molar refractivity (Wildman–Crippen MR) is 504 cm³/mol. The average molecular weight is 1870 g/mol. The summed E-state index contributed by atoms with van der Waals surface area (Å²) in [4.78, 5) is 248. The van der Waals surface area contributed by atoms with E-state index >= 15 is 33.6 Å². The Morgan fingerprint density at radius 2 is 1.25 bits per heavy atom. The number of primary amides is 3. The molecular weight excluding hydrogens is 1740 g/mol. The zero-order valence-corrected chi connectivity index (χ0v) is 79.3. The number of aromatic nitrogens is 1. The number of nitrogens with one attached hydrogen (secondary N) is 12. The van der Waals surface area contributed by atoms with Gasteiger partial charge in [0.05, 0.1) is 35.6 Å². The predicted octanol–water partition coefficient (Wildman–Crippen LogP) is 2.96. The van der Waals surface area contributed by atoms with Crippen LogP contribution in [0.5, 0.6) is 5.75 Å². The molecule has 39 heteroatoms. The second kappa shape index (κ2) is 51.6. The third-order valence-electron chi connectivity index (χ3n) is 23.1. The van der Waals surface area contributed by atoms with Crippen molar-refractivity contribution < 1.29 is 91.4 Å². The van der Waals surface area contributed by atoms with Crippen molar-refractivity contribution in [2.75, 3.05) is 32.8 Å². The molecule has 25 N–H and O–H groups in total. The van der Waals surface area contributed by atoms with E-state index in [0.29, 0.717) is 46.2 Å². The number of aliphatic hydroxyl groups is 1. The molecule has 1 saturated heterocycles. The number of aryl methyl sites for hydroxylation is 1. The Kier molecular flexibility index (Phi) is 42.7. The topological polar surface area (TPSA) is 624 Å². The van der Waals surface area contributed by atoms with Crippen molar-refractivity contribution in [3.63, 3.8) is 0 Å². The minimum atomic E-state index is -1.93. The highest BCUT2D eigenvalue weighted by atomic mass is 33.1. The van der Waals surface area contributed by atoms with Crippen LogP contribution in [-0.4, -0.2) is 218 Å². The molecule has 37 nitrogen and oxygen atoms in total. The van der Waals surface area contributed by atoms with Gasteiger partial charge in [0.2, 0.25) is 70.9 Å². The fraction of sp³-hybridized carbons (Fsp3) is 0.559. The molecule has 1 aliphatic heterocycles. The Morgan fingerprint density at radius 3 is 1.89 bits per heavy atom. The number of ketones is 4. The number of fused-ring (bicyclic) bond motifs is 2. The lowest BCUT2D eigenvalue weighted by molar-refractivity contribution is -0.140. The quantitative estimate of drug-likeness (QED) is 0.0197. The monoisotopic (exact) mass is 1870 g/mol. The molecule has 1 aliphatic rings. The maximum absolute atomic E-state index is 16.5. The standard InChI is InChI=1S/C93H136N18O19S2/c1-52-22-19-25-65-63(51-102-77(52)65)46-69-84(124)104-67(27-21-40-101-89(99)129)83(123)110-79(91(8,9)131-132-92(10,11)80(103-56(5)114)87(127)107-70(49-76(98)120)85(125)109-78(54(3)112)86(126)106-69)72(116)48-62(43-57-31-34-64(35-32-57)130-41-38-95)81(121)105-68(45-58-30-33-59-23-13-14-24-60(59)44-58)73(117)50-93(12,36-16-17-37-94)88(128)108-66(26-15-18-39-100-55(4)113)71(115)47-61(42-53(2)96)82(122)111-90(6,7)74(118)28-20-29-75(97)119/h13-14,19,22-25,30-35,44,51,53-54,61-62,66-70,78-80,102,112H,15-18,20-21,26-29,36-43,45-50,94-96H2,1-12H3,(H2,97,119)(H2,98,120)(H,100,113)(H,103,114)(H,104,124)(H,105,121)(H,106,126)(H,107,127)(H,108,128)(H,109,125)(H,110,123)(H,111,122)(H3,99,101,129)/t53?,54-,61-,62-,66+,67+,68+,69+,70+,78+,79-,80-,93-/m1/s1. The summed E-state index contributed by atoms with van der Waals surface area (Å²) < 4.78 is 2.68. The van der Waals surface area contributed by atoms with E-state index in [0.717, 1.165) is 51.8 Å². The summed E-state index contributed by atoms with van der Waals surface area (Å²) in [6, 6.07) is 9.84. The minimum Gasteiger partial charge on any atom is -0.492 e. The number of aromatic amines is 1. The van der Waals surface area contributed by atoms with E-state index in [4.69, 9.17) is 39.1 Å². The number of rotatable bonds is 48. The number of nitrogens with two attached hydrogens (primary N) is 6. The number of hydrogen-bond donors (Lipinski definition) is 19. The first-order valence-electron chi connectivity index (χ1n) is 44.7. The molecule has 0 radical (unpaired) electrons. The number of unbranched alkanes of at least 4 members (excludes halogenated alkanes) is 2. The van der Waals surface area contributed by atoms with Gasteiger partial charge in [0.25, 0.3) is 0 Å². The number of aliphatic hydroxyl groups excluding tert-OH is 1. The average Bonchev–Trinajstić information content (AvgIpc) is 1.57. The van der Waals surface area contributed by atoms with Crippen LogP contribution >= 0.6 is 21.6 Å². The van der Waals surface area contributed by atoms with Gasteiger partial charge in [-0.3, -0.25) is 76.7 Å². The van der Waals surface area contributed by atoms with Crippen LogP contribution in [0.2, 0.25) is 0 Å². The highest BCUT2D eigenvalue weighted by Crippen LogP contribution is 2.47. The molecular formula is C93H136N18O19S2. The maximum Gasteiger partial charge on any atom is 0.312 e. The summed E-state index contributed by atoms with van der Waals surface area (Å²) in [5, 5.41) is 43.2. The van der Waals surface area contributed by atoms with Gasteiger partial charge in [-0.05, 0) is 185 Å². The molecule has 1 fully saturated rings.